The van der Waals surface area contributed by atoms with Crippen molar-refractivity contribution in [3.05, 3.63) is 57.5 Å². The van der Waals surface area contributed by atoms with Gasteiger partial charge in [0.2, 0.25) is 0 Å². The molecule has 0 saturated heterocycles. The van der Waals surface area contributed by atoms with E-state index in [9.17, 15) is 13.2 Å². The minimum Gasteiger partial charge on any atom is -0.464 e. The van der Waals surface area contributed by atoms with Crippen LogP contribution >= 0.6 is 15.9 Å². The Kier molecular flexibility index (Phi) is 4.25. The van der Waals surface area contributed by atoms with E-state index in [4.69, 9.17) is 10.2 Å². The fourth-order valence-electron chi connectivity index (χ4n) is 1.87. The summed E-state index contributed by atoms with van der Waals surface area (Å²) in [6.45, 7) is 1.93. The average molecular weight is 348 g/mol. The maximum Gasteiger partial charge on any atom is 0.417 e. The Hall–Kier alpha value is -1.27. The number of rotatable bonds is 3. The normalized spacial score (nSPS) is 13.5. The van der Waals surface area contributed by atoms with Crippen LogP contribution in [0.2, 0.25) is 0 Å². The second kappa shape index (κ2) is 5.61. The fourth-order valence-corrected chi connectivity index (χ4v) is 2.34. The van der Waals surface area contributed by atoms with Crippen molar-refractivity contribution >= 4 is 15.9 Å². The maximum absolute atomic E-state index is 12.9. The minimum absolute atomic E-state index is 0.00496. The first-order chi connectivity index (χ1) is 9.32. The van der Waals surface area contributed by atoms with Crippen molar-refractivity contribution in [2.75, 3.05) is 0 Å². The van der Waals surface area contributed by atoms with E-state index in [1.807, 2.05) is 6.92 Å². The quantitative estimate of drug-likeness (QED) is 0.875. The summed E-state index contributed by atoms with van der Waals surface area (Å²) in [5, 5.41) is 0. The Morgan fingerprint density at radius 3 is 2.50 bits per heavy atom. The van der Waals surface area contributed by atoms with Gasteiger partial charge in [-0.3, -0.25) is 0 Å². The molecule has 0 aliphatic carbocycles. The summed E-state index contributed by atoms with van der Waals surface area (Å²) in [6, 6.07) is 6.70. The fraction of sp³-hybridized carbons (Fsp3) is 0.286. The zero-order valence-corrected chi connectivity index (χ0v) is 12.3. The van der Waals surface area contributed by atoms with Crippen LogP contribution in [0.15, 0.2) is 39.2 Å². The van der Waals surface area contributed by atoms with Crippen LogP contribution in [0.1, 0.15) is 35.6 Å². The topological polar surface area (TPSA) is 39.2 Å². The zero-order valence-electron chi connectivity index (χ0n) is 10.7. The standard InChI is InChI=1S/C14H13BrF3NO/c1-2-9-4-6-12(20-9)13(19)8-3-5-11(15)10(7-8)14(16,17)18/h3-7,13H,2,19H2,1H3. The van der Waals surface area contributed by atoms with Gasteiger partial charge in [0.15, 0.2) is 0 Å². The first-order valence-corrected chi connectivity index (χ1v) is 6.83. The van der Waals surface area contributed by atoms with Gasteiger partial charge in [-0.1, -0.05) is 28.9 Å². The van der Waals surface area contributed by atoms with Crippen molar-refractivity contribution in [2.45, 2.75) is 25.6 Å². The van der Waals surface area contributed by atoms with E-state index in [1.54, 1.807) is 18.2 Å². The van der Waals surface area contributed by atoms with Gasteiger partial charge < -0.3 is 10.2 Å². The Labute approximate surface area is 122 Å². The highest BCUT2D eigenvalue weighted by atomic mass is 79.9. The molecule has 2 nitrogen and oxygen atoms in total. The number of benzene rings is 1. The smallest absolute Gasteiger partial charge is 0.417 e. The summed E-state index contributed by atoms with van der Waals surface area (Å²) >= 11 is 2.90. The van der Waals surface area contributed by atoms with Crippen molar-refractivity contribution in [3.8, 4) is 0 Å². The molecule has 0 aliphatic heterocycles. The lowest BCUT2D eigenvalue weighted by atomic mass is 10.0. The molecule has 0 aliphatic rings. The third kappa shape index (κ3) is 3.07. The van der Waals surface area contributed by atoms with Gasteiger partial charge in [-0.2, -0.15) is 13.2 Å². The van der Waals surface area contributed by atoms with Gasteiger partial charge in [-0.15, -0.1) is 0 Å². The van der Waals surface area contributed by atoms with E-state index in [2.05, 4.69) is 15.9 Å². The van der Waals surface area contributed by atoms with Crippen molar-refractivity contribution in [3.63, 3.8) is 0 Å². The van der Waals surface area contributed by atoms with E-state index in [0.29, 0.717) is 17.7 Å². The van der Waals surface area contributed by atoms with Crippen LogP contribution in [0.5, 0.6) is 0 Å². The van der Waals surface area contributed by atoms with E-state index >= 15 is 0 Å². The second-order valence-corrected chi connectivity index (χ2v) is 5.23. The summed E-state index contributed by atoms with van der Waals surface area (Å²) in [5.74, 6) is 1.21. The molecule has 0 saturated carbocycles. The highest BCUT2D eigenvalue weighted by Crippen LogP contribution is 2.36. The summed E-state index contributed by atoms with van der Waals surface area (Å²) in [6.07, 6.45) is -3.72. The Bertz CT molecular complexity index is 607. The molecule has 0 amide bonds. The van der Waals surface area contributed by atoms with Crippen LogP contribution in [0.4, 0.5) is 13.2 Å². The molecule has 1 atom stereocenters. The molecule has 1 aromatic heterocycles. The van der Waals surface area contributed by atoms with Gasteiger partial charge in [-0.25, -0.2) is 0 Å². The third-order valence-corrected chi connectivity index (χ3v) is 3.68. The van der Waals surface area contributed by atoms with E-state index in [-0.39, 0.29) is 4.47 Å². The van der Waals surface area contributed by atoms with Crippen molar-refractivity contribution < 1.29 is 17.6 Å². The zero-order chi connectivity index (χ0) is 14.9. The number of nitrogens with two attached hydrogens (primary N) is 1. The van der Waals surface area contributed by atoms with Crippen LogP contribution in [-0.4, -0.2) is 0 Å². The molecule has 0 fully saturated rings. The summed E-state index contributed by atoms with van der Waals surface area (Å²) in [5.41, 5.74) is 5.59. The summed E-state index contributed by atoms with van der Waals surface area (Å²) < 4.78 is 44.1. The lowest BCUT2D eigenvalue weighted by molar-refractivity contribution is -0.138. The average Bonchev–Trinajstić information content (AvgIpc) is 2.86. The minimum atomic E-state index is -4.42. The highest BCUT2D eigenvalue weighted by molar-refractivity contribution is 9.10. The van der Waals surface area contributed by atoms with Gasteiger partial charge in [0, 0.05) is 10.9 Å². The lowest BCUT2D eigenvalue weighted by Crippen LogP contribution is -2.13. The molecule has 2 rings (SSSR count). The molecule has 0 spiro atoms. The SMILES string of the molecule is CCc1ccc(C(N)c2ccc(Br)c(C(F)(F)F)c2)o1. The molecule has 0 bridgehead atoms. The number of hydrogen-bond donors (Lipinski definition) is 1. The highest BCUT2D eigenvalue weighted by Gasteiger charge is 2.33. The van der Waals surface area contributed by atoms with Gasteiger partial charge in [0.25, 0.3) is 0 Å². The molecule has 20 heavy (non-hydrogen) atoms. The lowest BCUT2D eigenvalue weighted by Gasteiger charge is -2.14. The Morgan fingerprint density at radius 1 is 1.25 bits per heavy atom. The Morgan fingerprint density at radius 2 is 1.95 bits per heavy atom. The number of hydrogen-bond acceptors (Lipinski definition) is 2. The molecule has 1 aromatic carbocycles. The molecule has 0 radical (unpaired) electrons. The second-order valence-electron chi connectivity index (χ2n) is 4.37. The largest absolute Gasteiger partial charge is 0.464 e. The molecule has 2 N–H and O–H groups in total. The van der Waals surface area contributed by atoms with Gasteiger partial charge in [0.05, 0.1) is 11.6 Å². The number of furan rings is 1. The summed E-state index contributed by atoms with van der Waals surface area (Å²) in [7, 11) is 0. The van der Waals surface area contributed by atoms with Gasteiger partial charge >= 0.3 is 6.18 Å². The predicted molar refractivity (Wildman–Crippen MR) is 73.3 cm³/mol. The number of alkyl halides is 3. The van der Waals surface area contributed by atoms with Gasteiger partial charge in [-0.05, 0) is 29.8 Å². The van der Waals surface area contributed by atoms with Crippen LogP contribution in [0.3, 0.4) is 0 Å². The molecular formula is C14H13BrF3NO. The first kappa shape index (κ1) is 15.1. The summed E-state index contributed by atoms with van der Waals surface area (Å²) in [4.78, 5) is 0. The number of halogens is 4. The van der Waals surface area contributed by atoms with Crippen LogP contribution in [0, 0.1) is 0 Å². The first-order valence-electron chi connectivity index (χ1n) is 6.03. The maximum atomic E-state index is 12.9. The molecule has 6 heteroatoms. The van der Waals surface area contributed by atoms with Crippen LogP contribution < -0.4 is 5.73 Å². The van der Waals surface area contributed by atoms with Gasteiger partial charge in [0.1, 0.15) is 11.5 Å². The molecule has 1 heterocycles. The van der Waals surface area contributed by atoms with Crippen molar-refractivity contribution in [2.24, 2.45) is 5.73 Å². The van der Waals surface area contributed by atoms with E-state index in [1.165, 1.54) is 6.07 Å². The predicted octanol–water partition coefficient (Wildman–Crippen LogP) is 4.67. The molecule has 2 aromatic rings. The molecular weight excluding hydrogens is 335 g/mol. The van der Waals surface area contributed by atoms with Crippen LogP contribution in [-0.2, 0) is 12.6 Å². The van der Waals surface area contributed by atoms with E-state index < -0.39 is 17.8 Å². The monoisotopic (exact) mass is 347 g/mol. The van der Waals surface area contributed by atoms with Crippen LogP contribution in [0.25, 0.3) is 0 Å². The van der Waals surface area contributed by atoms with Crippen molar-refractivity contribution in [1.29, 1.82) is 0 Å². The van der Waals surface area contributed by atoms with Crippen molar-refractivity contribution in [1.82, 2.24) is 0 Å². The molecule has 108 valence electrons. The van der Waals surface area contributed by atoms with E-state index in [0.717, 1.165) is 11.8 Å². The Balaban J connectivity index is 2.37. The molecule has 1 unspecified atom stereocenters. The number of aryl methyl sites for hydroxylation is 1. The third-order valence-electron chi connectivity index (χ3n) is 2.99.